The van der Waals surface area contributed by atoms with Gasteiger partial charge in [-0.1, -0.05) is 25.1 Å². The number of carbonyl (C=O) groups is 2. The van der Waals surface area contributed by atoms with E-state index in [2.05, 4.69) is 5.32 Å². The molecular weight excluding hydrogens is 258 g/mol. The predicted octanol–water partition coefficient (Wildman–Crippen LogP) is 1.68. The van der Waals surface area contributed by atoms with E-state index in [4.69, 9.17) is 4.74 Å². The Kier molecular flexibility index (Phi) is 3.97. The lowest BCUT2D eigenvalue weighted by Crippen LogP contribution is -2.56. The van der Waals surface area contributed by atoms with Crippen molar-refractivity contribution in [1.29, 1.82) is 0 Å². The van der Waals surface area contributed by atoms with Gasteiger partial charge in [-0.2, -0.15) is 0 Å². The molecule has 1 amide bonds. The van der Waals surface area contributed by atoms with Gasteiger partial charge in [-0.05, 0) is 31.4 Å². The fourth-order valence-electron chi connectivity index (χ4n) is 1.95. The minimum atomic E-state index is -1.42. The summed E-state index contributed by atoms with van der Waals surface area (Å²) >= 11 is 0. The Balaban J connectivity index is 1.98. The van der Waals surface area contributed by atoms with Crippen molar-refractivity contribution in [3.8, 4) is 5.75 Å². The summed E-state index contributed by atoms with van der Waals surface area (Å²) in [4.78, 5) is 23.3. The second-order valence-corrected chi connectivity index (χ2v) is 5.55. The van der Waals surface area contributed by atoms with Gasteiger partial charge in [0, 0.05) is 5.92 Å². The first-order chi connectivity index (χ1) is 9.42. The number of benzene rings is 1. The van der Waals surface area contributed by atoms with Gasteiger partial charge in [0.25, 0.3) is 0 Å². The normalized spacial score (nSPS) is 23.5. The van der Waals surface area contributed by atoms with E-state index < -0.39 is 11.5 Å². The Hall–Kier alpha value is -2.04. The van der Waals surface area contributed by atoms with Gasteiger partial charge in [0.05, 0.1) is 0 Å². The lowest BCUT2D eigenvalue weighted by molar-refractivity contribution is -0.148. The topological polar surface area (TPSA) is 75.6 Å². The smallest absolute Gasteiger partial charge is 0.332 e. The number of carboxylic acids is 1. The van der Waals surface area contributed by atoms with Crippen molar-refractivity contribution in [1.82, 2.24) is 5.32 Å². The van der Waals surface area contributed by atoms with Crippen LogP contribution in [0.4, 0.5) is 0 Å². The van der Waals surface area contributed by atoms with Crippen molar-refractivity contribution in [2.24, 2.45) is 11.8 Å². The maximum atomic E-state index is 11.9. The van der Waals surface area contributed by atoms with Gasteiger partial charge in [0.2, 0.25) is 5.91 Å². The van der Waals surface area contributed by atoms with Crippen LogP contribution in [0.5, 0.6) is 5.75 Å². The van der Waals surface area contributed by atoms with Crippen molar-refractivity contribution in [3.63, 3.8) is 0 Å². The molecule has 20 heavy (non-hydrogen) atoms. The van der Waals surface area contributed by atoms with E-state index in [-0.39, 0.29) is 18.4 Å². The van der Waals surface area contributed by atoms with Gasteiger partial charge < -0.3 is 15.2 Å². The zero-order valence-electron chi connectivity index (χ0n) is 11.6. The van der Waals surface area contributed by atoms with Gasteiger partial charge in [0.15, 0.2) is 5.54 Å². The Morgan fingerprint density at radius 1 is 1.40 bits per heavy atom. The van der Waals surface area contributed by atoms with Crippen LogP contribution < -0.4 is 10.1 Å². The summed E-state index contributed by atoms with van der Waals surface area (Å²) < 4.78 is 5.46. The number of hydrogen-bond donors (Lipinski definition) is 2. The maximum Gasteiger partial charge on any atom is 0.332 e. The van der Waals surface area contributed by atoms with Crippen molar-refractivity contribution >= 4 is 11.9 Å². The highest BCUT2D eigenvalue weighted by molar-refractivity contribution is 5.89. The highest BCUT2D eigenvalue weighted by atomic mass is 16.5. The molecule has 1 aromatic rings. The zero-order chi connectivity index (χ0) is 14.8. The molecule has 0 heterocycles. The number of ether oxygens (including phenoxy) is 1. The Morgan fingerprint density at radius 3 is 2.50 bits per heavy atom. The van der Waals surface area contributed by atoms with E-state index in [0.29, 0.717) is 11.7 Å². The Morgan fingerprint density at radius 2 is 2.00 bits per heavy atom. The van der Waals surface area contributed by atoms with E-state index in [0.717, 1.165) is 6.42 Å². The third-order valence-electron chi connectivity index (χ3n) is 3.59. The third-order valence-corrected chi connectivity index (χ3v) is 3.59. The van der Waals surface area contributed by atoms with Crippen LogP contribution in [0.15, 0.2) is 30.3 Å². The maximum absolute atomic E-state index is 11.9. The zero-order valence-corrected chi connectivity index (χ0v) is 11.6. The van der Waals surface area contributed by atoms with E-state index >= 15 is 0 Å². The summed E-state index contributed by atoms with van der Waals surface area (Å²) in [6.45, 7) is 3.32. The van der Waals surface area contributed by atoms with Gasteiger partial charge in [0.1, 0.15) is 12.4 Å². The monoisotopic (exact) mass is 277 g/mol. The van der Waals surface area contributed by atoms with Gasteiger partial charge in [-0.15, -0.1) is 0 Å². The van der Waals surface area contributed by atoms with Crippen LogP contribution in [-0.4, -0.2) is 29.1 Å². The van der Waals surface area contributed by atoms with Gasteiger partial charge in [-0.25, -0.2) is 4.79 Å². The number of hydrogen-bond acceptors (Lipinski definition) is 3. The van der Waals surface area contributed by atoms with Crippen LogP contribution in [-0.2, 0) is 9.59 Å². The second-order valence-electron chi connectivity index (χ2n) is 5.55. The lowest BCUT2D eigenvalue weighted by Gasteiger charge is -2.26. The predicted molar refractivity (Wildman–Crippen MR) is 73.4 cm³/mol. The van der Waals surface area contributed by atoms with E-state index in [9.17, 15) is 14.7 Å². The number of aliphatic carboxylic acids is 1. The molecule has 5 heteroatoms. The van der Waals surface area contributed by atoms with Crippen LogP contribution >= 0.6 is 0 Å². The van der Waals surface area contributed by atoms with Crippen LogP contribution in [0.25, 0.3) is 0 Å². The van der Waals surface area contributed by atoms with Crippen molar-refractivity contribution in [2.75, 3.05) is 6.61 Å². The quantitative estimate of drug-likeness (QED) is 0.829. The first-order valence-electron chi connectivity index (χ1n) is 6.65. The van der Waals surface area contributed by atoms with E-state index in [1.54, 1.807) is 24.3 Å². The summed E-state index contributed by atoms with van der Waals surface area (Å²) in [5.41, 5.74) is -1.42. The minimum Gasteiger partial charge on any atom is -0.491 e. The number of amides is 1. The number of carboxylic acid groups (broad SMARTS) is 1. The number of carbonyl (C=O) groups excluding carboxylic acids is 1. The molecular formula is C15H19NO4. The summed E-state index contributed by atoms with van der Waals surface area (Å²) in [5, 5.41) is 11.9. The number of nitrogens with one attached hydrogen (secondary N) is 1. The van der Waals surface area contributed by atoms with Crippen LogP contribution in [0.2, 0.25) is 0 Å². The third kappa shape index (κ3) is 3.29. The number of para-hydroxylation sites is 1. The molecule has 0 radical (unpaired) electrons. The molecule has 1 aromatic carbocycles. The molecule has 1 aliphatic rings. The molecule has 0 aromatic heterocycles. The van der Waals surface area contributed by atoms with Gasteiger partial charge >= 0.3 is 5.97 Å². The average Bonchev–Trinajstić information content (AvgIpc) is 3.15. The fourth-order valence-corrected chi connectivity index (χ4v) is 1.95. The molecule has 0 unspecified atom stereocenters. The first kappa shape index (κ1) is 14.4. The summed E-state index contributed by atoms with van der Waals surface area (Å²) in [6.07, 6.45) is 0.821. The Bertz CT molecular complexity index is 502. The highest BCUT2D eigenvalue weighted by Crippen LogP contribution is 2.38. The van der Waals surface area contributed by atoms with Crippen molar-refractivity contribution in [2.45, 2.75) is 25.8 Å². The highest BCUT2D eigenvalue weighted by Gasteiger charge is 2.44. The molecule has 0 spiro atoms. The fraction of sp³-hybridized carbons (Fsp3) is 0.467. The second kappa shape index (κ2) is 5.53. The molecule has 1 saturated carbocycles. The molecule has 0 saturated heterocycles. The first-order valence-corrected chi connectivity index (χ1v) is 6.65. The van der Waals surface area contributed by atoms with Crippen LogP contribution in [0.1, 0.15) is 20.3 Å². The summed E-state index contributed by atoms with van der Waals surface area (Å²) in [7, 11) is 0. The largest absolute Gasteiger partial charge is 0.491 e. The van der Waals surface area contributed by atoms with Crippen molar-refractivity contribution in [3.05, 3.63) is 30.3 Å². The molecule has 1 fully saturated rings. The van der Waals surface area contributed by atoms with E-state index in [1.165, 1.54) is 6.92 Å². The van der Waals surface area contributed by atoms with Crippen LogP contribution in [0, 0.1) is 11.8 Å². The molecule has 2 rings (SSSR count). The van der Waals surface area contributed by atoms with Crippen LogP contribution in [0.3, 0.4) is 0 Å². The van der Waals surface area contributed by atoms with E-state index in [1.807, 2.05) is 13.0 Å². The molecule has 2 N–H and O–H groups in total. The average molecular weight is 277 g/mol. The number of rotatable bonds is 6. The summed E-state index contributed by atoms with van der Waals surface area (Å²) in [6, 6.07) is 8.94. The van der Waals surface area contributed by atoms with Gasteiger partial charge in [-0.3, -0.25) is 4.79 Å². The molecule has 3 atom stereocenters. The minimum absolute atomic E-state index is 0.0644. The molecule has 5 nitrogen and oxygen atoms in total. The molecule has 108 valence electrons. The van der Waals surface area contributed by atoms with Crippen molar-refractivity contribution < 1.29 is 19.4 Å². The molecule has 0 aliphatic heterocycles. The SMILES string of the molecule is C[C@@H]1C[C@H]1C(=O)N[C@@](C)(COc1ccccc1)C(=O)O. The molecule has 0 bridgehead atoms. The standard InChI is InChI=1S/C15H19NO4/c1-10-8-12(10)13(17)16-15(2,14(18)19)9-20-11-6-4-3-5-7-11/h3-7,10,12H,8-9H2,1-2H3,(H,16,17)(H,18,19)/t10-,12-,15+/m1/s1. The molecule has 1 aliphatic carbocycles. The lowest BCUT2D eigenvalue weighted by atomic mass is 10.0. The Labute approximate surface area is 117 Å². The summed E-state index contributed by atoms with van der Waals surface area (Å²) in [5.74, 6) is -0.461.